The largest absolute Gasteiger partial charge is 0.481 e. The molecule has 2 aromatic heterocycles. The number of rotatable bonds is 6. The first-order chi connectivity index (χ1) is 11.7. The number of nitrogens with zero attached hydrogens (tertiary/aromatic N) is 2. The average molecular weight is 346 g/mol. The third-order valence-electron chi connectivity index (χ3n) is 3.93. The number of carbonyl (C=O) groups excluding carboxylic acids is 1. The van der Waals surface area contributed by atoms with Gasteiger partial charge in [-0.1, -0.05) is 6.07 Å². The zero-order chi connectivity index (χ0) is 16.8. The van der Waals surface area contributed by atoms with Gasteiger partial charge in [0.15, 0.2) is 0 Å². The molecule has 0 saturated carbocycles. The van der Waals surface area contributed by atoms with Crippen molar-refractivity contribution in [3.8, 4) is 5.88 Å². The SMILES string of the molecule is COc1cccc(CNC(=O)NCCc2nc3c(s2)CCCC3)n1. The molecule has 0 unspecified atom stereocenters. The quantitative estimate of drug-likeness (QED) is 0.842. The Morgan fingerprint density at radius 2 is 2.12 bits per heavy atom. The maximum absolute atomic E-state index is 11.9. The molecular formula is C17H22N4O2S. The molecule has 1 aliphatic rings. The minimum Gasteiger partial charge on any atom is -0.481 e. The summed E-state index contributed by atoms with van der Waals surface area (Å²) < 4.78 is 5.06. The summed E-state index contributed by atoms with van der Waals surface area (Å²) in [5.41, 5.74) is 2.03. The van der Waals surface area contributed by atoms with Gasteiger partial charge >= 0.3 is 6.03 Å². The van der Waals surface area contributed by atoms with Crippen molar-refractivity contribution in [2.75, 3.05) is 13.7 Å². The van der Waals surface area contributed by atoms with Gasteiger partial charge in [0.25, 0.3) is 0 Å². The van der Waals surface area contributed by atoms with E-state index in [1.54, 1.807) is 24.5 Å². The number of urea groups is 1. The lowest BCUT2D eigenvalue weighted by Crippen LogP contribution is -2.36. The standard InChI is InChI=1S/C17H22N4O2S/c1-23-15-8-4-5-12(20-15)11-19-17(22)18-10-9-16-21-13-6-2-3-7-14(13)24-16/h4-5,8H,2-3,6-7,9-11H2,1H3,(H2,18,19,22). The maximum Gasteiger partial charge on any atom is 0.315 e. The fourth-order valence-corrected chi connectivity index (χ4v) is 3.85. The normalized spacial score (nSPS) is 13.2. The fourth-order valence-electron chi connectivity index (χ4n) is 2.70. The van der Waals surface area contributed by atoms with Crippen LogP contribution in [-0.4, -0.2) is 29.7 Å². The number of pyridine rings is 1. The molecule has 0 saturated heterocycles. The number of carbonyl (C=O) groups is 1. The fraction of sp³-hybridized carbons (Fsp3) is 0.471. The summed E-state index contributed by atoms with van der Waals surface area (Å²) in [6.45, 7) is 0.957. The molecule has 2 amide bonds. The molecular weight excluding hydrogens is 324 g/mol. The number of nitrogens with one attached hydrogen (secondary N) is 2. The molecule has 24 heavy (non-hydrogen) atoms. The first-order valence-electron chi connectivity index (χ1n) is 8.23. The minimum absolute atomic E-state index is 0.194. The second kappa shape index (κ2) is 8.10. The van der Waals surface area contributed by atoms with Crippen LogP contribution in [0.1, 0.15) is 34.1 Å². The minimum atomic E-state index is -0.194. The average Bonchev–Trinajstić information content (AvgIpc) is 3.03. The third-order valence-corrected chi connectivity index (χ3v) is 5.15. The second-order valence-corrected chi connectivity index (χ2v) is 6.88. The Hall–Kier alpha value is -2.15. The summed E-state index contributed by atoms with van der Waals surface area (Å²) in [5, 5.41) is 6.79. The van der Waals surface area contributed by atoms with Crippen LogP contribution in [0.25, 0.3) is 0 Å². The van der Waals surface area contributed by atoms with Crippen LogP contribution in [0.4, 0.5) is 4.79 Å². The van der Waals surface area contributed by atoms with Gasteiger partial charge in [-0.25, -0.2) is 14.8 Å². The van der Waals surface area contributed by atoms with E-state index in [1.807, 2.05) is 12.1 Å². The van der Waals surface area contributed by atoms with Crippen LogP contribution in [0, 0.1) is 0 Å². The van der Waals surface area contributed by atoms with Crippen LogP contribution in [0.5, 0.6) is 5.88 Å². The number of aryl methyl sites for hydroxylation is 2. The van der Waals surface area contributed by atoms with E-state index in [1.165, 1.54) is 23.4 Å². The first kappa shape index (κ1) is 16.7. The van der Waals surface area contributed by atoms with E-state index in [0.717, 1.165) is 30.0 Å². The zero-order valence-electron chi connectivity index (χ0n) is 13.8. The number of hydrogen-bond donors (Lipinski definition) is 2. The van der Waals surface area contributed by atoms with Crippen LogP contribution in [0.3, 0.4) is 0 Å². The molecule has 0 aliphatic heterocycles. The van der Waals surface area contributed by atoms with Crippen LogP contribution in [-0.2, 0) is 25.8 Å². The van der Waals surface area contributed by atoms with Crippen LogP contribution >= 0.6 is 11.3 Å². The highest BCUT2D eigenvalue weighted by Crippen LogP contribution is 2.26. The van der Waals surface area contributed by atoms with Crippen molar-refractivity contribution >= 4 is 17.4 Å². The van der Waals surface area contributed by atoms with Gasteiger partial charge in [-0.05, 0) is 31.7 Å². The molecule has 6 nitrogen and oxygen atoms in total. The number of fused-ring (bicyclic) bond motifs is 1. The lowest BCUT2D eigenvalue weighted by Gasteiger charge is -2.07. The number of ether oxygens (including phenoxy) is 1. The molecule has 128 valence electrons. The van der Waals surface area contributed by atoms with E-state index >= 15 is 0 Å². The van der Waals surface area contributed by atoms with E-state index in [0.29, 0.717) is 19.0 Å². The molecule has 7 heteroatoms. The van der Waals surface area contributed by atoms with E-state index in [2.05, 4.69) is 20.6 Å². The van der Waals surface area contributed by atoms with Gasteiger partial charge in [-0.15, -0.1) is 11.3 Å². The molecule has 2 aromatic rings. The summed E-state index contributed by atoms with van der Waals surface area (Å²) in [6.07, 6.45) is 5.56. The Bertz CT molecular complexity index is 678. The monoisotopic (exact) mass is 346 g/mol. The summed E-state index contributed by atoms with van der Waals surface area (Å²) >= 11 is 1.79. The second-order valence-electron chi connectivity index (χ2n) is 5.72. The Balaban J connectivity index is 1.40. The van der Waals surface area contributed by atoms with Crippen LogP contribution in [0.15, 0.2) is 18.2 Å². The van der Waals surface area contributed by atoms with E-state index in [4.69, 9.17) is 4.74 Å². The van der Waals surface area contributed by atoms with Crippen LogP contribution in [0.2, 0.25) is 0 Å². The molecule has 0 spiro atoms. The lowest BCUT2D eigenvalue weighted by molar-refractivity contribution is 0.240. The van der Waals surface area contributed by atoms with Crippen molar-refractivity contribution in [1.82, 2.24) is 20.6 Å². The van der Waals surface area contributed by atoms with Crippen LogP contribution < -0.4 is 15.4 Å². The Morgan fingerprint density at radius 3 is 2.96 bits per heavy atom. The van der Waals surface area contributed by atoms with Gasteiger partial charge < -0.3 is 15.4 Å². The van der Waals surface area contributed by atoms with Crippen molar-refractivity contribution in [2.24, 2.45) is 0 Å². The summed E-state index contributed by atoms with van der Waals surface area (Å²) in [7, 11) is 1.57. The molecule has 2 heterocycles. The van der Waals surface area contributed by atoms with Gasteiger partial charge in [-0.3, -0.25) is 0 Å². The third kappa shape index (κ3) is 4.44. The van der Waals surface area contributed by atoms with Gasteiger partial charge in [0.05, 0.1) is 30.1 Å². The first-order valence-corrected chi connectivity index (χ1v) is 9.05. The topological polar surface area (TPSA) is 76.1 Å². The maximum atomic E-state index is 11.9. The van der Waals surface area contributed by atoms with E-state index in [9.17, 15) is 4.79 Å². The molecule has 0 radical (unpaired) electrons. The van der Waals surface area contributed by atoms with Gasteiger partial charge in [0.1, 0.15) is 0 Å². The summed E-state index contributed by atoms with van der Waals surface area (Å²) in [6, 6.07) is 5.28. The highest BCUT2D eigenvalue weighted by Gasteiger charge is 2.14. The van der Waals surface area contributed by atoms with Gasteiger partial charge in [-0.2, -0.15) is 0 Å². The molecule has 0 atom stereocenters. The summed E-state index contributed by atoms with van der Waals surface area (Å²) in [4.78, 5) is 22.2. The Kier molecular flexibility index (Phi) is 5.63. The number of methoxy groups -OCH3 is 1. The summed E-state index contributed by atoms with van der Waals surface area (Å²) in [5.74, 6) is 0.544. The van der Waals surface area contributed by atoms with Crippen molar-refractivity contribution in [3.05, 3.63) is 39.5 Å². The number of amides is 2. The van der Waals surface area contributed by atoms with Crippen molar-refractivity contribution in [2.45, 2.75) is 38.6 Å². The zero-order valence-corrected chi connectivity index (χ0v) is 14.6. The van der Waals surface area contributed by atoms with E-state index in [-0.39, 0.29) is 6.03 Å². The molecule has 0 aromatic carbocycles. The number of thiazole rings is 1. The van der Waals surface area contributed by atoms with Crippen molar-refractivity contribution in [3.63, 3.8) is 0 Å². The Labute approximate surface area is 145 Å². The van der Waals surface area contributed by atoms with Crippen molar-refractivity contribution in [1.29, 1.82) is 0 Å². The molecule has 0 fully saturated rings. The van der Waals surface area contributed by atoms with E-state index < -0.39 is 0 Å². The van der Waals surface area contributed by atoms with Crippen molar-refractivity contribution < 1.29 is 9.53 Å². The Morgan fingerprint density at radius 1 is 1.25 bits per heavy atom. The lowest BCUT2D eigenvalue weighted by atomic mass is 10.0. The molecule has 2 N–H and O–H groups in total. The number of hydrogen-bond acceptors (Lipinski definition) is 5. The predicted molar refractivity (Wildman–Crippen MR) is 93.5 cm³/mol. The number of aromatic nitrogens is 2. The van der Waals surface area contributed by atoms with Gasteiger partial charge in [0, 0.05) is 23.9 Å². The smallest absolute Gasteiger partial charge is 0.315 e. The highest BCUT2D eigenvalue weighted by molar-refractivity contribution is 7.11. The van der Waals surface area contributed by atoms with Gasteiger partial charge in [0.2, 0.25) is 5.88 Å². The molecule has 3 rings (SSSR count). The predicted octanol–water partition coefficient (Wildman–Crippen LogP) is 2.47. The molecule has 1 aliphatic carbocycles. The molecule has 0 bridgehead atoms. The highest BCUT2D eigenvalue weighted by atomic mass is 32.1.